The third kappa shape index (κ3) is 3.92. The van der Waals surface area contributed by atoms with Crippen LogP contribution in [-0.2, 0) is 13.1 Å². The molecule has 4 aromatic rings. The van der Waals surface area contributed by atoms with Gasteiger partial charge in [-0.3, -0.25) is 4.90 Å². The molecule has 0 fully saturated rings. The molecule has 1 aromatic heterocycles. The van der Waals surface area contributed by atoms with Gasteiger partial charge in [0.25, 0.3) is 0 Å². The van der Waals surface area contributed by atoms with Crippen molar-refractivity contribution in [2.24, 2.45) is 0 Å². The molecule has 1 aliphatic heterocycles. The molecule has 5 heteroatoms. The summed E-state index contributed by atoms with van der Waals surface area (Å²) in [6.45, 7) is 8.73. The SMILES string of the molecule is C=C1CN(Cc2ccccc2)C(c2nnnn2Cc2ccccc2)c2ccc(C)cc21. The fraction of sp³-hybridized carbons (Fsp3) is 0.192. The largest absolute Gasteiger partial charge is 0.281 e. The van der Waals surface area contributed by atoms with E-state index in [1.807, 2.05) is 22.9 Å². The molecule has 0 amide bonds. The highest BCUT2D eigenvalue weighted by atomic mass is 15.5. The summed E-state index contributed by atoms with van der Waals surface area (Å²) in [6.07, 6.45) is 0. The Morgan fingerprint density at radius 1 is 0.903 bits per heavy atom. The van der Waals surface area contributed by atoms with E-state index in [1.165, 1.54) is 27.8 Å². The first-order valence-corrected chi connectivity index (χ1v) is 10.6. The quantitative estimate of drug-likeness (QED) is 0.483. The fourth-order valence-electron chi connectivity index (χ4n) is 4.38. The van der Waals surface area contributed by atoms with Crippen LogP contribution in [0, 0.1) is 6.92 Å². The molecule has 154 valence electrons. The van der Waals surface area contributed by atoms with Crippen molar-refractivity contribution >= 4 is 5.57 Å². The summed E-state index contributed by atoms with van der Waals surface area (Å²) < 4.78 is 1.93. The normalized spacial score (nSPS) is 16.3. The molecular formula is C26H25N5. The molecule has 3 aromatic carbocycles. The van der Waals surface area contributed by atoms with Gasteiger partial charge in [0.1, 0.15) is 0 Å². The van der Waals surface area contributed by atoms with Crippen LogP contribution in [0.3, 0.4) is 0 Å². The summed E-state index contributed by atoms with van der Waals surface area (Å²) in [4.78, 5) is 2.42. The molecule has 1 unspecified atom stereocenters. The monoisotopic (exact) mass is 407 g/mol. The summed E-state index contributed by atoms with van der Waals surface area (Å²) in [5.41, 5.74) is 7.23. The lowest BCUT2D eigenvalue weighted by atomic mass is 9.87. The van der Waals surface area contributed by atoms with Crippen LogP contribution in [0.5, 0.6) is 0 Å². The number of aryl methyl sites for hydroxylation is 1. The van der Waals surface area contributed by atoms with Crippen molar-refractivity contribution in [3.63, 3.8) is 0 Å². The van der Waals surface area contributed by atoms with Gasteiger partial charge in [-0.2, -0.15) is 0 Å². The lowest BCUT2D eigenvalue weighted by Crippen LogP contribution is -2.36. The van der Waals surface area contributed by atoms with E-state index in [-0.39, 0.29) is 6.04 Å². The van der Waals surface area contributed by atoms with Crippen LogP contribution in [0.4, 0.5) is 0 Å². The Kier molecular flexibility index (Phi) is 5.18. The van der Waals surface area contributed by atoms with E-state index >= 15 is 0 Å². The second-order valence-corrected chi connectivity index (χ2v) is 8.17. The van der Waals surface area contributed by atoms with Crippen LogP contribution in [0.25, 0.3) is 5.57 Å². The third-order valence-electron chi connectivity index (χ3n) is 5.85. The predicted molar refractivity (Wildman–Crippen MR) is 122 cm³/mol. The number of hydrogen-bond acceptors (Lipinski definition) is 4. The maximum Gasteiger partial charge on any atom is 0.173 e. The fourth-order valence-corrected chi connectivity index (χ4v) is 4.38. The number of aromatic nitrogens is 4. The maximum absolute atomic E-state index is 4.50. The lowest BCUT2D eigenvalue weighted by molar-refractivity contribution is 0.224. The van der Waals surface area contributed by atoms with E-state index in [9.17, 15) is 0 Å². The van der Waals surface area contributed by atoms with Gasteiger partial charge in [-0.1, -0.05) is 91.0 Å². The van der Waals surface area contributed by atoms with Gasteiger partial charge in [-0.05, 0) is 45.2 Å². The molecule has 0 aliphatic carbocycles. The van der Waals surface area contributed by atoms with E-state index in [2.05, 4.69) is 94.6 Å². The van der Waals surface area contributed by atoms with Crippen molar-refractivity contribution in [3.05, 3.63) is 119 Å². The Balaban J connectivity index is 1.58. The van der Waals surface area contributed by atoms with Gasteiger partial charge in [-0.25, -0.2) is 4.68 Å². The highest BCUT2D eigenvalue weighted by Crippen LogP contribution is 2.39. The van der Waals surface area contributed by atoms with E-state index in [4.69, 9.17) is 0 Å². The predicted octanol–water partition coefficient (Wildman–Crippen LogP) is 4.65. The van der Waals surface area contributed by atoms with Gasteiger partial charge >= 0.3 is 0 Å². The summed E-state index contributed by atoms with van der Waals surface area (Å²) in [5, 5.41) is 12.9. The lowest BCUT2D eigenvalue weighted by Gasteiger charge is -2.37. The van der Waals surface area contributed by atoms with Gasteiger partial charge in [-0.15, -0.1) is 5.10 Å². The summed E-state index contributed by atoms with van der Waals surface area (Å²) >= 11 is 0. The molecule has 0 spiro atoms. The summed E-state index contributed by atoms with van der Waals surface area (Å²) in [7, 11) is 0. The van der Waals surface area contributed by atoms with Gasteiger partial charge in [0.15, 0.2) is 5.82 Å². The Labute approximate surface area is 182 Å². The Morgan fingerprint density at radius 2 is 1.58 bits per heavy atom. The molecule has 1 atom stereocenters. The second kappa shape index (κ2) is 8.28. The van der Waals surface area contributed by atoms with Gasteiger partial charge in [0, 0.05) is 13.1 Å². The highest BCUT2D eigenvalue weighted by Gasteiger charge is 2.34. The molecular weight excluding hydrogens is 382 g/mol. The van der Waals surface area contributed by atoms with Gasteiger partial charge in [0.05, 0.1) is 12.6 Å². The molecule has 5 rings (SSSR count). The van der Waals surface area contributed by atoms with Crippen LogP contribution in [0.1, 0.15) is 39.7 Å². The first kappa shape index (κ1) is 19.4. The zero-order chi connectivity index (χ0) is 21.2. The maximum atomic E-state index is 4.50. The minimum Gasteiger partial charge on any atom is -0.281 e. The minimum atomic E-state index is -0.0416. The number of benzene rings is 3. The number of tetrazole rings is 1. The molecule has 0 saturated carbocycles. The summed E-state index contributed by atoms with van der Waals surface area (Å²) in [5.74, 6) is 0.859. The standard InChI is InChI=1S/C26H25N5/c1-19-13-14-23-24(15-19)20(2)16-30(17-21-9-5-3-6-10-21)25(23)26-27-28-29-31(26)18-22-11-7-4-8-12-22/h3-15,25H,2,16-18H2,1H3. The van der Waals surface area contributed by atoms with Crippen LogP contribution in [-0.4, -0.2) is 31.7 Å². The van der Waals surface area contributed by atoms with Crippen LogP contribution in [0.15, 0.2) is 85.4 Å². The Morgan fingerprint density at radius 3 is 2.29 bits per heavy atom. The van der Waals surface area contributed by atoms with Crippen LogP contribution < -0.4 is 0 Å². The molecule has 31 heavy (non-hydrogen) atoms. The molecule has 0 radical (unpaired) electrons. The van der Waals surface area contributed by atoms with Crippen molar-refractivity contribution in [2.75, 3.05) is 6.54 Å². The molecule has 2 heterocycles. The highest BCUT2D eigenvalue weighted by molar-refractivity contribution is 5.71. The number of fused-ring (bicyclic) bond motifs is 1. The number of hydrogen-bond donors (Lipinski definition) is 0. The third-order valence-corrected chi connectivity index (χ3v) is 5.85. The Hall–Kier alpha value is -3.57. The van der Waals surface area contributed by atoms with Crippen molar-refractivity contribution < 1.29 is 0 Å². The Bertz CT molecular complexity index is 1200. The zero-order valence-corrected chi connectivity index (χ0v) is 17.6. The van der Waals surface area contributed by atoms with Gasteiger partial charge < -0.3 is 0 Å². The van der Waals surface area contributed by atoms with E-state index in [0.29, 0.717) is 6.54 Å². The second-order valence-electron chi connectivity index (χ2n) is 8.17. The average molecular weight is 408 g/mol. The smallest absolute Gasteiger partial charge is 0.173 e. The molecule has 1 aliphatic rings. The first-order chi connectivity index (χ1) is 15.2. The van der Waals surface area contributed by atoms with E-state index < -0.39 is 0 Å². The number of nitrogens with zero attached hydrogens (tertiary/aromatic N) is 5. The van der Waals surface area contributed by atoms with Gasteiger partial charge in [0.2, 0.25) is 0 Å². The topological polar surface area (TPSA) is 46.8 Å². The van der Waals surface area contributed by atoms with Crippen molar-refractivity contribution in [1.82, 2.24) is 25.1 Å². The van der Waals surface area contributed by atoms with E-state index in [0.717, 1.165) is 24.5 Å². The molecule has 0 bridgehead atoms. The van der Waals surface area contributed by atoms with Crippen LogP contribution in [0.2, 0.25) is 0 Å². The van der Waals surface area contributed by atoms with E-state index in [1.54, 1.807) is 0 Å². The summed E-state index contributed by atoms with van der Waals surface area (Å²) in [6, 6.07) is 27.4. The van der Waals surface area contributed by atoms with Crippen molar-refractivity contribution in [1.29, 1.82) is 0 Å². The van der Waals surface area contributed by atoms with Crippen molar-refractivity contribution in [2.45, 2.75) is 26.1 Å². The first-order valence-electron chi connectivity index (χ1n) is 10.6. The van der Waals surface area contributed by atoms with Crippen molar-refractivity contribution in [3.8, 4) is 0 Å². The average Bonchev–Trinajstić information content (AvgIpc) is 3.23. The molecule has 0 saturated heterocycles. The minimum absolute atomic E-state index is 0.0416. The number of rotatable bonds is 5. The zero-order valence-electron chi connectivity index (χ0n) is 17.6. The molecule has 0 N–H and O–H groups in total. The molecule has 5 nitrogen and oxygen atoms in total. The van der Waals surface area contributed by atoms with Crippen LogP contribution >= 0.6 is 0 Å².